The van der Waals surface area contributed by atoms with Crippen molar-refractivity contribution < 1.29 is 14.7 Å². The Morgan fingerprint density at radius 2 is 2.31 bits per heavy atom. The maximum atomic E-state index is 11.5. The largest absolute Gasteiger partial charge is 0.481 e. The first kappa shape index (κ1) is 12.3. The van der Waals surface area contributed by atoms with Crippen molar-refractivity contribution in [1.82, 2.24) is 10.3 Å². The number of carboxylic acids is 1. The first-order valence-corrected chi connectivity index (χ1v) is 5.26. The van der Waals surface area contributed by atoms with E-state index in [1.807, 2.05) is 6.92 Å². The molecule has 1 unspecified atom stereocenters. The van der Waals surface area contributed by atoms with E-state index in [1.54, 1.807) is 18.3 Å². The number of carbonyl (C=O) groups excluding carboxylic acids is 1. The zero-order valence-corrected chi connectivity index (χ0v) is 9.19. The van der Waals surface area contributed by atoms with E-state index in [0.29, 0.717) is 12.2 Å². The highest BCUT2D eigenvalue weighted by molar-refractivity contribution is 5.92. The summed E-state index contributed by atoms with van der Waals surface area (Å²) in [7, 11) is 0. The molecule has 16 heavy (non-hydrogen) atoms. The molecular weight excluding hydrogens is 208 g/mol. The van der Waals surface area contributed by atoms with E-state index in [-0.39, 0.29) is 18.2 Å². The van der Waals surface area contributed by atoms with Crippen molar-refractivity contribution >= 4 is 11.9 Å². The Morgan fingerprint density at radius 3 is 2.81 bits per heavy atom. The Balaban J connectivity index is 2.38. The minimum Gasteiger partial charge on any atom is -0.481 e. The van der Waals surface area contributed by atoms with Crippen molar-refractivity contribution in [2.24, 2.45) is 5.92 Å². The van der Waals surface area contributed by atoms with Gasteiger partial charge in [-0.1, -0.05) is 13.3 Å². The monoisotopic (exact) mass is 224 g/mol. The molecule has 3 N–H and O–H groups in total. The van der Waals surface area contributed by atoms with Crippen LogP contribution in [0.15, 0.2) is 18.3 Å². The SMILES string of the molecule is CCC(CNC(=O)c1ccc[nH]1)CC(=O)O. The van der Waals surface area contributed by atoms with Crippen LogP contribution in [0.5, 0.6) is 0 Å². The molecule has 0 aromatic carbocycles. The van der Waals surface area contributed by atoms with Crippen molar-refractivity contribution in [1.29, 1.82) is 0 Å². The van der Waals surface area contributed by atoms with Gasteiger partial charge in [0.25, 0.3) is 5.91 Å². The van der Waals surface area contributed by atoms with Crippen LogP contribution in [0.4, 0.5) is 0 Å². The van der Waals surface area contributed by atoms with Gasteiger partial charge in [0.05, 0.1) is 0 Å². The summed E-state index contributed by atoms with van der Waals surface area (Å²) in [5, 5.41) is 11.4. The third kappa shape index (κ3) is 3.76. The van der Waals surface area contributed by atoms with Crippen molar-refractivity contribution in [2.45, 2.75) is 19.8 Å². The first-order valence-electron chi connectivity index (χ1n) is 5.26. The van der Waals surface area contributed by atoms with E-state index in [2.05, 4.69) is 10.3 Å². The molecule has 1 atom stereocenters. The standard InChI is InChI=1S/C11H16N2O3/c1-2-8(6-10(14)15)7-13-11(16)9-4-3-5-12-9/h3-5,8,12H,2,6-7H2,1H3,(H,13,16)(H,14,15). The molecule has 0 spiro atoms. The fraction of sp³-hybridized carbons (Fsp3) is 0.455. The molecule has 1 rings (SSSR count). The summed E-state index contributed by atoms with van der Waals surface area (Å²) in [6.07, 6.45) is 2.49. The first-order chi connectivity index (χ1) is 7.63. The molecule has 1 amide bonds. The Kier molecular flexibility index (Phi) is 4.57. The second kappa shape index (κ2) is 5.95. The van der Waals surface area contributed by atoms with Crippen LogP contribution in [-0.4, -0.2) is 28.5 Å². The molecule has 1 heterocycles. The van der Waals surface area contributed by atoms with Gasteiger partial charge in [0, 0.05) is 19.2 Å². The normalized spacial score (nSPS) is 12.1. The number of aromatic amines is 1. The number of aliphatic carboxylic acids is 1. The molecule has 0 aliphatic rings. The van der Waals surface area contributed by atoms with Crippen molar-refractivity contribution in [2.75, 3.05) is 6.54 Å². The molecule has 5 nitrogen and oxygen atoms in total. The second-order valence-electron chi connectivity index (χ2n) is 3.67. The minimum atomic E-state index is -0.832. The number of hydrogen-bond donors (Lipinski definition) is 3. The smallest absolute Gasteiger partial charge is 0.303 e. The lowest BCUT2D eigenvalue weighted by atomic mass is 10.0. The maximum absolute atomic E-state index is 11.5. The molecule has 0 bridgehead atoms. The zero-order valence-electron chi connectivity index (χ0n) is 9.19. The molecule has 5 heteroatoms. The molecule has 0 aliphatic carbocycles. The second-order valence-corrected chi connectivity index (χ2v) is 3.67. The minimum absolute atomic E-state index is 0.0172. The number of hydrogen-bond acceptors (Lipinski definition) is 2. The van der Waals surface area contributed by atoms with Crippen LogP contribution >= 0.6 is 0 Å². The van der Waals surface area contributed by atoms with E-state index < -0.39 is 5.97 Å². The summed E-state index contributed by atoms with van der Waals surface area (Å²) in [6.45, 7) is 2.30. The van der Waals surface area contributed by atoms with Crippen LogP contribution < -0.4 is 5.32 Å². The topological polar surface area (TPSA) is 82.2 Å². The lowest BCUT2D eigenvalue weighted by molar-refractivity contribution is -0.138. The quantitative estimate of drug-likeness (QED) is 0.680. The molecule has 1 aromatic rings. The Bertz CT molecular complexity index is 346. The molecule has 0 aliphatic heterocycles. The summed E-state index contributed by atoms with van der Waals surface area (Å²) >= 11 is 0. The fourth-order valence-electron chi connectivity index (χ4n) is 1.41. The molecule has 0 saturated carbocycles. The highest BCUT2D eigenvalue weighted by atomic mass is 16.4. The average Bonchev–Trinajstić information content (AvgIpc) is 2.76. The van der Waals surface area contributed by atoms with Gasteiger partial charge in [0.15, 0.2) is 0 Å². The highest BCUT2D eigenvalue weighted by Gasteiger charge is 2.13. The lowest BCUT2D eigenvalue weighted by Crippen LogP contribution is -2.30. The molecule has 88 valence electrons. The van der Waals surface area contributed by atoms with E-state index in [4.69, 9.17) is 5.11 Å². The average molecular weight is 224 g/mol. The molecule has 0 fully saturated rings. The van der Waals surface area contributed by atoms with Crippen LogP contribution in [0.1, 0.15) is 30.3 Å². The van der Waals surface area contributed by atoms with Crippen LogP contribution in [0, 0.1) is 5.92 Å². The fourth-order valence-corrected chi connectivity index (χ4v) is 1.41. The van der Waals surface area contributed by atoms with E-state index >= 15 is 0 Å². The molecular formula is C11H16N2O3. The van der Waals surface area contributed by atoms with Gasteiger partial charge >= 0.3 is 5.97 Å². The van der Waals surface area contributed by atoms with Crippen LogP contribution in [0.3, 0.4) is 0 Å². The van der Waals surface area contributed by atoms with Crippen molar-refractivity contribution in [3.8, 4) is 0 Å². The number of amides is 1. The van der Waals surface area contributed by atoms with Crippen LogP contribution in [0.2, 0.25) is 0 Å². The summed E-state index contributed by atoms with van der Waals surface area (Å²) in [6, 6.07) is 3.41. The third-order valence-electron chi connectivity index (χ3n) is 2.43. The predicted molar refractivity (Wildman–Crippen MR) is 59.2 cm³/mol. The van der Waals surface area contributed by atoms with Gasteiger partial charge in [0.2, 0.25) is 0 Å². The van der Waals surface area contributed by atoms with Gasteiger partial charge in [-0.3, -0.25) is 9.59 Å². The van der Waals surface area contributed by atoms with E-state index in [9.17, 15) is 9.59 Å². The van der Waals surface area contributed by atoms with Crippen molar-refractivity contribution in [3.05, 3.63) is 24.0 Å². The Hall–Kier alpha value is -1.78. The molecule has 0 radical (unpaired) electrons. The number of carbonyl (C=O) groups is 2. The molecule has 1 aromatic heterocycles. The summed E-state index contributed by atoms with van der Waals surface area (Å²) in [5.41, 5.74) is 0.491. The summed E-state index contributed by atoms with van der Waals surface area (Å²) in [5.74, 6) is -1.05. The summed E-state index contributed by atoms with van der Waals surface area (Å²) in [4.78, 5) is 24.8. The number of carboxylic acid groups (broad SMARTS) is 1. The van der Waals surface area contributed by atoms with Gasteiger partial charge in [-0.05, 0) is 18.1 Å². The summed E-state index contributed by atoms with van der Waals surface area (Å²) < 4.78 is 0. The van der Waals surface area contributed by atoms with E-state index in [1.165, 1.54) is 0 Å². The predicted octanol–water partition coefficient (Wildman–Crippen LogP) is 1.25. The van der Waals surface area contributed by atoms with Crippen molar-refractivity contribution in [3.63, 3.8) is 0 Å². The third-order valence-corrected chi connectivity index (χ3v) is 2.43. The Morgan fingerprint density at radius 1 is 1.56 bits per heavy atom. The highest BCUT2D eigenvalue weighted by Crippen LogP contribution is 2.06. The maximum Gasteiger partial charge on any atom is 0.303 e. The van der Waals surface area contributed by atoms with Crippen LogP contribution in [0.25, 0.3) is 0 Å². The molecule has 0 saturated heterocycles. The number of aromatic nitrogens is 1. The number of H-pyrrole nitrogens is 1. The van der Waals surface area contributed by atoms with Gasteiger partial charge in [-0.2, -0.15) is 0 Å². The zero-order chi connectivity index (χ0) is 12.0. The lowest BCUT2D eigenvalue weighted by Gasteiger charge is -2.12. The van der Waals surface area contributed by atoms with Gasteiger partial charge < -0.3 is 15.4 Å². The number of nitrogens with one attached hydrogen (secondary N) is 2. The van der Waals surface area contributed by atoms with Gasteiger partial charge in [0.1, 0.15) is 5.69 Å². The van der Waals surface area contributed by atoms with Gasteiger partial charge in [-0.15, -0.1) is 0 Å². The van der Waals surface area contributed by atoms with E-state index in [0.717, 1.165) is 6.42 Å². The van der Waals surface area contributed by atoms with Gasteiger partial charge in [-0.25, -0.2) is 0 Å². The number of rotatable bonds is 6. The Labute approximate surface area is 93.9 Å². The van der Waals surface area contributed by atoms with Crippen LogP contribution in [-0.2, 0) is 4.79 Å².